The van der Waals surface area contributed by atoms with E-state index in [4.69, 9.17) is 16.3 Å². The SMILES string of the molecule is O=C(c1ccccc1)[C@@H]1O[C@H]1/C=C/Cl. The summed E-state index contributed by atoms with van der Waals surface area (Å²) in [7, 11) is 0. The van der Waals surface area contributed by atoms with Crippen LogP contribution in [-0.2, 0) is 4.74 Å². The summed E-state index contributed by atoms with van der Waals surface area (Å²) in [6, 6.07) is 9.11. The number of ether oxygens (including phenoxy) is 1. The van der Waals surface area contributed by atoms with E-state index in [1.807, 2.05) is 18.2 Å². The fraction of sp³-hybridized carbons (Fsp3) is 0.182. The highest BCUT2D eigenvalue weighted by atomic mass is 35.5. The van der Waals surface area contributed by atoms with Gasteiger partial charge in [-0.05, 0) is 6.08 Å². The van der Waals surface area contributed by atoms with E-state index in [2.05, 4.69) is 0 Å². The molecule has 0 saturated carbocycles. The van der Waals surface area contributed by atoms with Crippen LogP contribution in [0.5, 0.6) is 0 Å². The molecule has 0 N–H and O–H groups in total. The van der Waals surface area contributed by atoms with E-state index in [0.29, 0.717) is 5.56 Å². The van der Waals surface area contributed by atoms with Gasteiger partial charge >= 0.3 is 0 Å². The third kappa shape index (κ3) is 1.86. The van der Waals surface area contributed by atoms with Gasteiger partial charge in [0.1, 0.15) is 6.10 Å². The molecule has 3 heteroatoms. The molecule has 0 aliphatic carbocycles. The molecular formula is C11H9ClO2. The number of Topliss-reactive ketones (excluding diaryl/α,β-unsaturated/α-hetero) is 1. The number of epoxide rings is 1. The fourth-order valence-electron chi connectivity index (χ4n) is 1.32. The molecule has 1 aliphatic heterocycles. The molecule has 0 radical (unpaired) electrons. The lowest BCUT2D eigenvalue weighted by atomic mass is 10.1. The number of hydrogen-bond acceptors (Lipinski definition) is 2. The predicted octanol–water partition coefficient (Wildman–Crippen LogP) is 2.39. The minimum Gasteiger partial charge on any atom is -0.356 e. The number of rotatable bonds is 3. The molecule has 0 amide bonds. The molecule has 72 valence electrons. The van der Waals surface area contributed by atoms with Gasteiger partial charge in [0.15, 0.2) is 11.9 Å². The summed E-state index contributed by atoms with van der Waals surface area (Å²) in [5.74, 6) is 0.0189. The van der Waals surface area contributed by atoms with Crippen molar-refractivity contribution in [2.45, 2.75) is 12.2 Å². The highest BCUT2D eigenvalue weighted by Crippen LogP contribution is 2.27. The Morgan fingerprint density at radius 2 is 2.07 bits per heavy atom. The first-order valence-corrected chi connectivity index (χ1v) is 4.78. The van der Waals surface area contributed by atoms with Crippen molar-refractivity contribution in [3.8, 4) is 0 Å². The van der Waals surface area contributed by atoms with Gasteiger partial charge in [-0.3, -0.25) is 4.79 Å². The lowest BCUT2D eigenvalue weighted by molar-refractivity contribution is 0.0953. The highest BCUT2D eigenvalue weighted by molar-refractivity contribution is 6.25. The average Bonchev–Trinajstić information content (AvgIpc) is 2.98. The number of carbonyl (C=O) groups excluding carboxylic acids is 1. The molecule has 0 spiro atoms. The van der Waals surface area contributed by atoms with Gasteiger partial charge in [0.2, 0.25) is 0 Å². The van der Waals surface area contributed by atoms with Crippen LogP contribution in [-0.4, -0.2) is 18.0 Å². The summed E-state index contributed by atoms with van der Waals surface area (Å²) in [5.41, 5.74) is 2.06. The minimum atomic E-state index is -0.340. The van der Waals surface area contributed by atoms with Gasteiger partial charge in [0.05, 0.1) is 0 Å². The number of hydrogen-bond donors (Lipinski definition) is 0. The maximum atomic E-state index is 11.7. The molecule has 14 heavy (non-hydrogen) atoms. The van der Waals surface area contributed by atoms with Crippen LogP contribution in [0.4, 0.5) is 0 Å². The monoisotopic (exact) mass is 208 g/mol. The van der Waals surface area contributed by atoms with E-state index in [9.17, 15) is 4.79 Å². The van der Waals surface area contributed by atoms with Crippen LogP contribution in [0.25, 0.3) is 0 Å². The maximum absolute atomic E-state index is 11.7. The molecule has 1 heterocycles. The van der Waals surface area contributed by atoms with Crippen LogP contribution in [0, 0.1) is 0 Å². The quantitative estimate of drug-likeness (QED) is 0.564. The lowest BCUT2D eigenvalue weighted by Crippen LogP contribution is -2.08. The number of ketones is 1. The van der Waals surface area contributed by atoms with Crippen molar-refractivity contribution < 1.29 is 9.53 Å². The number of halogens is 1. The molecule has 2 nitrogen and oxygen atoms in total. The van der Waals surface area contributed by atoms with Crippen molar-refractivity contribution >= 4 is 17.4 Å². The Hall–Kier alpha value is -1.12. The van der Waals surface area contributed by atoms with Gasteiger partial charge in [-0.15, -0.1) is 0 Å². The van der Waals surface area contributed by atoms with Gasteiger partial charge in [-0.25, -0.2) is 0 Å². The van der Waals surface area contributed by atoms with E-state index in [-0.39, 0.29) is 18.0 Å². The van der Waals surface area contributed by atoms with Crippen LogP contribution in [0.15, 0.2) is 41.9 Å². The molecule has 0 aromatic heterocycles. The van der Waals surface area contributed by atoms with Gasteiger partial charge < -0.3 is 4.74 Å². The first-order valence-electron chi connectivity index (χ1n) is 4.34. The largest absolute Gasteiger partial charge is 0.356 e. The average molecular weight is 209 g/mol. The summed E-state index contributed by atoms with van der Waals surface area (Å²) < 4.78 is 5.15. The second kappa shape index (κ2) is 3.95. The second-order valence-corrected chi connectivity index (χ2v) is 3.32. The Morgan fingerprint density at radius 3 is 2.71 bits per heavy atom. The van der Waals surface area contributed by atoms with Crippen molar-refractivity contribution in [3.63, 3.8) is 0 Å². The molecule has 2 rings (SSSR count). The third-order valence-corrected chi connectivity index (χ3v) is 2.25. The van der Waals surface area contributed by atoms with E-state index >= 15 is 0 Å². The summed E-state index contributed by atoms with van der Waals surface area (Å²) in [6.45, 7) is 0. The number of carbonyl (C=O) groups is 1. The van der Waals surface area contributed by atoms with Gasteiger partial charge in [-0.1, -0.05) is 41.9 Å². The zero-order valence-corrected chi connectivity index (χ0v) is 8.15. The summed E-state index contributed by atoms with van der Waals surface area (Å²) >= 11 is 5.38. The van der Waals surface area contributed by atoms with Crippen LogP contribution < -0.4 is 0 Å². The molecule has 0 bridgehead atoms. The van der Waals surface area contributed by atoms with E-state index in [0.717, 1.165) is 0 Å². The van der Waals surface area contributed by atoms with Crippen molar-refractivity contribution in [1.82, 2.24) is 0 Å². The van der Waals surface area contributed by atoms with Crippen molar-refractivity contribution in [2.75, 3.05) is 0 Å². The molecule has 1 saturated heterocycles. The summed E-state index contributed by atoms with van der Waals surface area (Å²) in [6.07, 6.45) is 1.19. The molecule has 1 aromatic rings. The standard InChI is InChI=1S/C11H9ClO2/c12-7-6-9-11(14-9)10(13)8-4-2-1-3-5-8/h1-7,9,11H/b7-6+/t9-,11+/m0/s1. The Kier molecular flexibility index (Phi) is 2.66. The zero-order valence-electron chi connectivity index (χ0n) is 7.39. The van der Waals surface area contributed by atoms with E-state index in [1.165, 1.54) is 5.54 Å². The third-order valence-electron chi connectivity index (χ3n) is 2.10. The Bertz CT molecular complexity index is 359. The summed E-state index contributed by atoms with van der Waals surface area (Å²) in [4.78, 5) is 11.7. The molecular weight excluding hydrogens is 200 g/mol. The Labute approximate surface area is 87.1 Å². The van der Waals surface area contributed by atoms with Crippen LogP contribution in [0.1, 0.15) is 10.4 Å². The Morgan fingerprint density at radius 1 is 1.36 bits per heavy atom. The predicted molar refractivity (Wildman–Crippen MR) is 54.4 cm³/mol. The first-order chi connectivity index (χ1) is 6.83. The van der Waals surface area contributed by atoms with E-state index < -0.39 is 0 Å². The highest BCUT2D eigenvalue weighted by Gasteiger charge is 2.43. The molecule has 1 aliphatic rings. The van der Waals surface area contributed by atoms with Crippen molar-refractivity contribution in [3.05, 3.63) is 47.5 Å². The molecule has 0 unspecified atom stereocenters. The molecule has 1 fully saturated rings. The van der Waals surface area contributed by atoms with Crippen LogP contribution in [0.2, 0.25) is 0 Å². The normalized spacial score (nSPS) is 25.2. The van der Waals surface area contributed by atoms with Gasteiger partial charge in [0, 0.05) is 11.1 Å². The van der Waals surface area contributed by atoms with Crippen molar-refractivity contribution in [1.29, 1.82) is 0 Å². The Balaban J connectivity index is 2.05. The smallest absolute Gasteiger partial charge is 0.194 e. The molecule has 1 aromatic carbocycles. The minimum absolute atomic E-state index is 0.0189. The van der Waals surface area contributed by atoms with Crippen LogP contribution >= 0.6 is 11.6 Å². The van der Waals surface area contributed by atoms with Gasteiger partial charge in [0.25, 0.3) is 0 Å². The van der Waals surface area contributed by atoms with Crippen LogP contribution in [0.3, 0.4) is 0 Å². The van der Waals surface area contributed by atoms with Crippen molar-refractivity contribution in [2.24, 2.45) is 0 Å². The summed E-state index contributed by atoms with van der Waals surface area (Å²) in [5, 5.41) is 0. The first kappa shape index (κ1) is 9.44. The number of benzene rings is 1. The fourth-order valence-corrected chi connectivity index (χ4v) is 1.46. The zero-order chi connectivity index (χ0) is 9.97. The molecule has 2 atom stereocenters. The maximum Gasteiger partial charge on any atom is 0.194 e. The van der Waals surface area contributed by atoms with E-state index in [1.54, 1.807) is 18.2 Å². The second-order valence-electron chi connectivity index (χ2n) is 3.07. The lowest BCUT2D eigenvalue weighted by Gasteiger charge is -1.94. The topological polar surface area (TPSA) is 29.6 Å². The van der Waals surface area contributed by atoms with Gasteiger partial charge in [-0.2, -0.15) is 0 Å².